The van der Waals surface area contributed by atoms with Crippen molar-refractivity contribution in [3.05, 3.63) is 87.8 Å². The van der Waals surface area contributed by atoms with Gasteiger partial charge in [-0.3, -0.25) is 14.6 Å². The summed E-state index contributed by atoms with van der Waals surface area (Å²) in [6.07, 6.45) is 4.13. The first-order valence-corrected chi connectivity index (χ1v) is 8.51. The van der Waals surface area contributed by atoms with Gasteiger partial charge in [0.05, 0.1) is 27.9 Å². The zero-order valence-corrected chi connectivity index (χ0v) is 14.9. The number of benzene rings is 2. The first kappa shape index (κ1) is 17.8. The topological polar surface area (TPSA) is 85.1 Å². The van der Waals surface area contributed by atoms with Gasteiger partial charge in [-0.1, -0.05) is 23.7 Å². The fourth-order valence-corrected chi connectivity index (χ4v) is 2.99. The van der Waals surface area contributed by atoms with Gasteiger partial charge in [0, 0.05) is 18.5 Å². The number of para-hydroxylation sites is 1. The highest BCUT2D eigenvalue weighted by molar-refractivity contribution is 6.33. The number of carbonyl (C=O) groups excluding carboxylic acids is 1. The molecule has 0 aliphatic carbocycles. The molecule has 0 aliphatic rings. The van der Waals surface area contributed by atoms with Crippen molar-refractivity contribution in [1.29, 1.82) is 0 Å². The zero-order valence-electron chi connectivity index (χ0n) is 14.1. The Bertz CT molecular complexity index is 1240. The van der Waals surface area contributed by atoms with E-state index in [0.29, 0.717) is 0 Å². The fourth-order valence-electron chi connectivity index (χ4n) is 2.73. The van der Waals surface area contributed by atoms with E-state index >= 15 is 0 Å². The molecule has 0 spiro atoms. The van der Waals surface area contributed by atoms with Crippen LogP contribution < -0.4 is 10.7 Å². The van der Waals surface area contributed by atoms with Crippen LogP contribution in [0.15, 0.2) is 70.3 Å². The number of aromatic nitrogens is 2. The molecular formula is C20H11ClFN3O3. The van der Waals surface area contributed by atoms with Crippen LogP contribution in [0.5, 0.6) is 0 Å². The summed E-state index contributed by atoms with van der Waals surface area (Å²) >= 11 is 6.08. The monoisotopic (exact) mass is 395 g/mol. The highest BCUT2D eigenvalue weighted by Gasteiger charge is 2.17. The summed E-state index contributed by atoms with van der Waals surface area (Å²) in [6, 6.07) is 10.0. The lowest BCUT2D eigenvalue weighted by Gasteiger charge is -2.10. The quantitative estimate of drug-likeness (QED) is 0.559. The molecule has 0 atom stereocenters. The first-order valence-electron chi connectivity index (χ1n) is 8.13. The van der Waals surface area contributed by atoms with E-state index in [4.69, 9.17) is 16.0 Å². The smallest absolute Gasteiger partial charge is 0.275 e. The summed E-state index contributed by atoms with van der Waals surface area (Å²) in [5, 5.41) is 2.97. The minimum atomic E-state index is -0.629. The molecular weight excluding hydrogens is 385 g/mol. The molecule has 138 valence electrons. The van der Waals surface area contributed by atoms with Gasteiger partial charge in [-0.25, -0.2) is 9.37 Å². The molecule has 0 aliphatic heterocycles. The van der Waals surface area contributed by atoms with Gasteiger partial charge in [0.2, 0.25) is 0 Å². The summed E-state index contributed by atoms with van der Waals surface area (Å²) in [5.41, 5.74) is 0.000622. The maximum Gasteiger partial charge on any atom is 0.275 e. The van der Waals surface area contributed by atoms with Gasteiger partial charge in [-0.2, -0.15) is 0 Å². The summed E-state index contributed by atoms with van der Waals surface area (Å²) in [6.45, 7) is 0. The minimum Gasteiger partial charge on any atom is -0.453 e. The van der Waals surface area contributed by atoms with E-state index in [0.717, 1.165) is 0 Å². The van der Waals surface area contributed by atoms with Crippen LogP contribution in [-0.4, -0.2) is 15.9 Å². The largest absolute Gasteiger partial charge is 0.453 e. The second kappa shape index (κ2) is 7.21. The van der Waals surface area contributed by atoms with Crippen LogP contribution in [0, 0.1) is 5.82 Å². The molecule has 0 saturated carbocycles. The van der Waals surface area contributed by atoms with Crippen molar-refractivity contribution < 1.29 is 13.6 Å². The lowest BCUT2D eigenvalue weighted by molar-refractivity contribution is 0.102. The molecule has 0 radical (unpaired) electrons. The molecule has 4 aromatic rings. The summed E-state index contributed by atoms with van der Waals surface area (Å²) in [7, 11) is 0. The molecule has 0 bridgehead atoms. The Morgan fingerprint density at radius 2 is 1.96 bits per heavy atom. The first-order chi connectivity index (χ1) is 13.5. The molecule has 0 fully saturated rings. The SMILES string of the molecule is O=C(Nc1cccc2c(=O)cc(-c3c(F)cccc3Cl)oc12)c1cnccn1. The molecule has 2 aromatic heterocycles. The summed E-state index contributed by atoms with van der Waals surface area (Å²) in [5.74, 6) is -1.20. The normalized spacial score (nSPS) is 10.8. The van der Waals surface area contributed by atoms with E-state index in [-0.39, 0.29) is 38.7 Å². The van der Waals surface area contributed by atoms with Crippen LogP contribution in [0.1, 0.15) is 10.5 Å². The maximum absolute atomic E-state index is 14.3. The molecule has 1 N–H and O–H groups in total. The van der Waals surface area contributed by atoms with Crippen molar-refractivity contribution in [1.82, 2.24) is 9.97 Å². The predicted molar refractivity (Wildman–Crippen MR) is 103 cm³/mol. The van der Waals surface area contributed by atoms with Crippen molar-refractivity contribution in [2.24, 2.45) is 0 Å². The van der Waals surface area contributed by atoms with Crippen molar-refractivity contribution in [3.63, 3.8) is 0 Å². The number of rotatable bonds is 3. The van der Waals surface area contributed by atoms with E-state index in [1.54, 1.807) is 18.2 Å². The van der Waals surface area contributed by atoms with Gasteiger partial charge in [0.25, 0.3) is 5.91 Å². The number of carbonyl (C=O) groups is 1. The number of nitrogens with one attached hydrogen (secondary N) is 1. The molecule has 8 heteroatoms. The highest BCUT2D eigenvalue weighted by Crippen LogP contribution is 2.33. The second-order valence-corrected chi connectivity index (χ2v) is 6.21. The Morgan fingerprint density at radius 3 is 2.71 bits per heavy atom. The van der Waals surface area contributed by atoms with Crippen LogP contribution in [0.25, 0.3) is 22.3 Å². The third-order valence-corrected chi connectivity index (χ3v) is 4.32. The number of nitrogens with zero attached hydrogens (tertiary/aromatic N) is 2. The third kappa shape index (κ3) is 3.23. The van der Waals surface area contributed by atoms with Crippen molar-refractivity contribution in [3.8, 4) is 11.3 Å². The Hall–Kier alpha value is -3.58. The molecule has 0 saturated heterocycles. The van der Waals surface area contributed by atoms with E-state index in [9.17, 15) is 14.0 Å². The Labute approximate surface area is 162 Å². The van der Waals surface area contributed by atoms with Crippen molar-refractivity contribution in [2.45, 2.75) is 0 Å². The van der Waals surface area contributed by atoms with E-state index in [2.05, 4.69) is 15.3 Å². The van der Waals surface area contributed by atoms with E-state index in [1.165, 1.54) is 42.9 Å². The number of halogens is 2. The Balaban J connectivity index is 1.86. The fraction of sp³-hybridized carbons (Fsp3) is 0. The standard InChI is InChI=1S/C20H11ClFN3O3/c21-12-4-2-5-13(22)18(12)17-9-16(26)11-3-1-6-14(19(11)28-17)25-20(27)15-10-23-7-8-24-15/h1-10H,(H,25,27). The van der Waals surface area contributed by atoms with Crippen molar-refractivity contribution in [2.75, 3.05) is 5.32 Å². The zero-order chi connectivity index (χ0) is 19.7. The Kier molecular flexibility index (Phi) is 4.58. The number of hydrogen-bond donors (Lipinski definition) is 1. The van der Waals surface area contributed by atoms with Gasteiger partial charge >= 0.3 is 0 Å². The number of anilines is 1. The number of hydrogen-bond acceptors (Lipinski definition) is 5. The molecule has 4 rings (SSSR count). The van der Waals surface area contributed by atoms with Crippen LogP contribution in [-0.2, 0) is 0 Å². The van der Waals surface area contributed by atoms with Crippen LogP contribution in [0.3, 0.4) is 0 Å². The maximum atomic E-state index is 14.3. The van der Waals surface area contributed by atoms with Gasteiger partial charge in [0.15, 0.2) is 11.0 Å². The second-order valence-electron chi connectivity index (χ2n) is 5.80. The molecule has 6 nitrogen and oxygen atoms in total. The predicted octanol–water partition coefficient (Wildman–Crippen LogP) is 4.29. The van der Waals surface area contributed by atoms with Gasteiger partial charge in [-0.05, 0) is 24.3 Å². The van der Waals surface area contributed by atoms with Crippen molar-refractivity contribution >= 4 is 34.2 Å². The van der Waals surface area contributed by atoms with E-state index < -0.39 is 17.2 Å². The van der Waals surface area contributed by atoms with E-state index in [1.807, 2.05) is 0 Å². The average molecular weight is 396 g/mol. The lowest BCUT2D eigenvalue weighted by atomic mass is 10.1. The van der Waals surface area contributed by atoms with Crippen LogP contribution in [0.4, 0.5) is 10.1 Å². The Morgan fingerprint density at radius 1 is 1.14 bits per heavy atom. The summed E-state index contributed by atoms with van der Waals surface area (Å²) < 4.78 is 20.1. The third-order valence-electron chi connectivity index (χ3n) is 4.01. The highest BCUT2D eigenvalue weighted by atomic mass is 35.5. The average Bonchev–Trinajstić information content (AvgIpc) is 2.69. The number of amides is 1. The molecule has 2 heterocycles. The molecule has 2 aromatic carbocycles. The van der Waals surface area contributed by atoms with Gasteiger partial charge in [0.1, 0.15) is 17.3 Å². The van der Waals surface area contributed by atoms with Crippen LogP contribution >= 0.6 is 11.6 Å². The lowest BCUT2D eigenvalue weighted by Crippen LogP contribution is -2.14. The minimum absolute atomic E-state index is 0.0294. The molecule has 28 heavy (non-hydrogen) atoms. The van der Waals surface area contributed by atoms with Gasteiger partial charge < -0.3 is 9.73 Å². The van der Waals surface area contributed by atoms with Gasteiger partial charge in [-0.15, -0.1) is 0 Å². The number of fused-ring (bicyclic) bond motifs is 1. The molecule has 0 unspecified atom stereocenters. The molecule has 1 amide bonds. The van der Waals surface area contributed by atoms with Crippen LogP contribution in [0.2, 0.25) is 5.02 Å². The summed E-state index contributed by atoms with van der Waals surface area (Å²) in [4.78, 5) is 32.7.